The van der Waals surface area contributed by atoms with Crippen molar-refractivity contribution < 1.29 is 0 Å². The van der Waals surface area contributed by atoms with Crippen LogP contribution in [0, 0.1) is 6.92 Å². The smallest absolute Gasteiger partial charge is 0.186 e. The molecule has 0 aliphatic heterocycles. The lowest BCUT2D eigenvalue weighted by molar-refractivity contribution is 1.50. The summed E-state index contributed by atoms with van der Waals surface area (Å²) in [6.45, 7) is 1.99. The summed E-state index contributed by atoms with van der Waals surface area (Å²) in [5, 5.41) is 1.80. The zero-order valence-electron chi connectivity index (χ0n) is 7.45. The Kier molecular flexibility index (Phi) is 1.85. The van der Waals surface area contributed by atoms with Crippen molar-refractivity contribution in [2.45, 2.75) is 6.92 Å². The van der Waals surface area contributed by atoms with E-state index in [1.165, 1.54) is 0 Å². The molecular weight excluding hydrogens is 160 g/mol. The number of benzene rings is 1. The second-order valence-electron chi connectivity index (χ2n) is 3.17. The van der Waals surface area contributed by atoms with Crippen LogP contribution >= 0.6 is 0 Å². The first-order valence-electron chi connectivity index (χ1n) is 4.27. The summed E-state index contributed by atoms with van der Waals surface area (Å²) in [6, 6.07) is 13.1. The van der Waals surface area contributed by atoms with E-state index < -0.39 is 0 Å². The Morgan fingerprint density at radius 1 is 1.00 bits per heavy atom. The summed E-state index contributed by atoms with van der Waals surface area (Å²) < 4.78 is 0. The normalized spacial score (nSPS) is 10.2. The van der Waals surface area contributed by atoms with E-state index in [0.29, 0.717) is 0 Å². The summed E-state index contributed by atoms with van der Waals surface area (Å²) in [6.07, 6.45) is 0. The van der Waals surface area contributed by atoms with Gasteiger partial charge in [-0.1, -0.05) is 35.9 Å². The van der Waals surface area contributed by atoms with Gasteiger partial charge in [-0.2, -0.15) is 0 Å². The van der Waals surface area contributed by atoms with E-state index >= 15 is 0 Å². The maximum Gasteiger partial charge on any atom is 0.186 e. The fourth-order valence-corrected chi connectivity index (χ4v) is 1.42. The molecule has 0 fully saturated rings. The molecule has 0 heterocycles. The maximum atomic E-state index is 11.5. The first-order chi connectivity index (χ1) is 6.27. The van der Waals surface area contributed by atoms with Gasteiger partial charge in [-0.15, -0.1) is 0 Å². The molecule has 0 unspecified atom stereocenters. The van der Waals surface area contributed by atoms with Crippen LogP contribution in [0.15, 0.2) is 47.3 Å². The average Bonchev–Trinajstić information content (AvgIpc) is 2.29. The third-order valence-corrected chi connectivity index (χ3v) is 2.11. The molecule has 0 bridgehead atoms. The Bertz CT molecular complexity index is 500. The number of hydrogen-bond acceptors (Lipinski definition) is 1. The molecule has 13 heavy (non-hydrogen) atoms. The topological polar surface area (TPSA) is 17.1 Å². The minimum absolute atomic E-state index is 0.0868. The first kappa shape index (κ1) is 7.99. The largest absolute Gasteiger partial charge is 0.289 e. The highest BCUT2D eigenvalue weighted by Gasteiger charge is 1.94. The summed E-state index contributed by atoms with van der Waals surface area (Å²) in [5.74, 6) is 0. The van der Waals surface area contributed by atoms with E-state index in [1.807, 2.05) is 37.3 Å². The molecule has 0 saturated carbocycles. The SMILES string of the molecule is Cc1ccc2ccccc(=O)c2c1. The van der Waals surface area contributed by atoms with Gasteiger partial charge < -0.3 is 0 Å². The molecule has 0 aliphatic carbocycles. The van der Waals surface area contributed by atoms with Crippen LogP contribution in [-0.2, 0) is 0 Å². The molecule has 0 atom stereocenters. The molecule has 0 aromatic heterocycles. The first-order valence-corrected chi connectivity index (χ1v) is 4.27. The molecule has 0 spiro atoms. The molecule has 0 N–H and O–H groups in total. The van der Waals surface area contributed by atoms with E-state index in [2.05, 4.69) is 0 Å². The fourth-order valence-electron chi connectivity index (χ4n) is 1.42. The van der Waals surface area contributed by atoms with Gasteiger partial charge in [0.05, 0.1) is 0 Å². The lowest BCUT2D eigenvalue weighted by atomic mass is 10.1. The summed E-state index contributed by atoms with van der Waals surface area (Å²) >= 11 is 0. The van der Waals surface area contributed by atoms with Crippen LogP contribution in [0.4, 0.5) is 0 Å². The highest BCUT2D eigenvalue weighted by atomic mass is 16.1. The van der Waals surface area contributed by atoms with Crippen LogP contribution in [0.2, 0.25) is 0 Å². The van der Waals surface area contributed by atoms with E-state index in [1.54, 1.807) is 12.1 Å². The van der Waals surface area contributed by atoms with E-state index in [4.69, 9.17) is 0 Å². The predicted octanol–water partition coefficient (Wildman–Crippen LogP) is 2.51. The maximum absolute atomic E-state index is 11.5. The predicted molar refractivity (Wildman–Crippen MR) is 55.0 cm³/mol. The highest BCUT2D eigenvalue weighted by Crippen LogP contribution is 2.10. The van der Waals surface area contributed by atoms with Crippen molar-refractivity contribution in [2.75, 3.05) is 0 Å². The third kappa shape index (κ3) is 1.45. The molecular formula is C12H10O. The number of aryl methyl sites for hydroxylation is 1. The molecule has 64 valence electrons. The van der Waals surface area contributed by atoms with Crippen molar-refractivity contribution in [3.05, 3.63) is 58.3 Å². The Hall–Kier alpha value is -1.63. The lowest BCUT2D eigenvalue weighted by Gasteiger charge is -1.93. The Morgan fingerprint density at radius 2 is 1.77 bits per heavy atom. The van der Waals surface area contributed by atoms with Crippen molar-refractivity contribution in [3.8, 4) is 0 Å². The summed E-state index contributed by atoms with van der Waals surface area (Å²) in [5.41, 5.74) is 1.21. The molecule has 1 heteroatoms. The van der Waals surface area contributed by atoms with Gasteiger partial charge in [0.15, 0.2) is 5.43 Å². The van der Waals surface area contributed by atoms with Crippen molar-refractivity contribution >= 4 is 10.8 Å². The Labute approximate surface area is 76.7 Å². The number of fused-ring (bicyclic) bond motifs is 1. The van der Waals surface area contributed by atoms with E-state index in [0.717, 1.165) is 16.3 Å². The van der Waals surface area contributed by atoms with Crippen LogP contribution < -0.4 is 5.43 Å². The molecule has 0 amide bonds. The van der Waals surface area contributed by atoms with Gasteiger partial charge in [-0.05, 0) is 24.4 Å². The number of hydrogen-bond donors (Lipinski definition) is 0. The van der Waals surface area contributed by atoms with Crippen LogP contribution in [0.5, 0.6) is 0 Å². The van der Waals surface area contributed by atoms with E-state index in [-0.39, 0.29) is 5.43 Å². The molecule has 1 nitrogen and oxygen atoms in total. The van der Waals surface area contributed by atoms with Crippen LogP contribution in [0.25, 0.3) is 10.8 Å². The molecule has 0 saturated heterocycles. The van der Waals surface area contributed by atoms with Gasteiger partial charge in [-0.25, -0.2) is 0 Å². The molecule has 0 radical (unpaired) electrons. The van der Waals surface area contributed by atoms with Crippen LogP contribution in [0.3, 0.4) is 0 Å². The second-order valence-corrected chi connectivity index (χ2v) is 3.17. The van der Waals surface area contributed by atoms with Crippen molar-refractivity contribution in [1.29, 1.82) is 0 Å². The summed E-state index contributed by atoms with van der Waals surface area (Å²) in [7, 11) is 0. The van der Waals surface area contributed by atoms with Gasteiger partial charge in [-0.3, -0.25) is 4.79 Å². The molecule has 2 aromatic carbocycles. The summed E-state index contributed by atoms with van der Waals surface area (Å²) in [4.78, 5) is 11.5. The minimum Gasteiger partial charge on any atom is -0.289 e. The second kappa shape index (κ2) is 3.02. The van der Waals surface area contributed by atoms with Crippen molar-refractivity contribution in [1.82, 2.24) is 0 Å². The molecule has 2 rings (SSSR count). The average molecular weight is 170 g/mol. The zero-order chi connectivity index (χ0) is 9.26. The standard InChI is InChI=1S/C12H10O/c1-9-6-7-10-4-2-3-5-12(13)11(10)8-9/h2-8H,1H3. The van der Waals surface area contributed by atoms with Crippen LogP contribution in [0.1, 0.15) is 5.56 Å². The van der Waals surface area contributed by atoms with Crippen molar-refractivity contribution in [2.24, 2.45) is 0 Å². The van der Waals surface area contributed by atoms with Crippen molar-refractivity contribution in [3.63, 3.8) is 0 Å². The zero-order valence-corrected chi connectivity index (χ0v) is 7.45. The van der Waals surface area contributed by atoms with Gasteiger partial charge in [0.1, 0.15) is 0 Å². The third-order valence-electron chi connectivity index (χ3n) is 2.11. The van der Waals surface area contributed by atoms with Crippen LogP contribution in [-0.4, -0.2) is 0 Å². The van der Waals surface area contributed by atoms with Gasteiger partial charge in [0, 0.05) is 5.39 Å². The minimum atomic E-state index is 0.0868. The number of rotatable bonds is 0. The van der Waals surface area contributed by atoms with Gasteiger partial charge in [0.2, 0.25) is 0 Å². The highest BCUT2D eigenvalue weighted by molar-refractivity contribution is 5.82. The van der Waals surface area contributed by atoms with Gasteiger partial charge in [0.25, 0.3) is 0 Å². The molecule has 0 aliphatic rings. The van der Waals surface area contributed by atoms with Gasteiger partial charge >= 0.3 is 0 Å². The Morgan fingerprint density at radius 3 is 2.62 bits per heavy atom. The lowest BCUT2D eigenvalue weighted by Crippen LogP contribution is -1.94. The quantitative estimate of drug-likeness (QED) is 0.593. The fraction of sp³-hybridized carbons (Fsp3) is 0.0833. The monoisotopic (exact) mass is 170 g/mol. The van der Waals surface area contributed by atoms with E-state index in [9.17, 15) is 4.79 Å². The molecule has 2 aromatic rings. The Balaban J connectivity index is 3.01.